The standard InChI is InChI=1S/C15H23N3O/c1-3-12-8-10-18(11-9-12)15(19)13-6-5-7-14(17-13)16-4-2/h5-7,12H,3-4,8-11H2,1-2H3,(H,16,17). The summed E-state index contributed by atoms with van der Waals surface area (Å²) in [5.41, 5.74) is 0.549. The third-order valence-electron chi connectivity index (χ3n) is 3.81. The van der Waals surface area contributed by atoms with Crippen LogP contribution in [0.25, 0.3) is 0 Å². The maximum absolute atomic E-state index is 12.4. The predicted molar refractivity (Wildman–Crippen MR) is 77.3 cm³/mol. The number of carbonyl (C=O) groups is 1. The molecule has 0 aliphatic carbocycles. The van der Waals surface area contributed by atoms with Crippen LogP contribution in [0.4, 0.5) is 5.82 Å². The number of amides is 1. The van der Waals surface area contributed by atoms with Crippen molar-refractivity contribution >= 4 is 11.7 Å². The minimum atomic E-state index is 0.0642. The molecule has 0 unspecified atom stereocenters. The predicted octanol–water partition coefficient (Wildman–Crippen LogP) is 2.78. The second kappa shape index (κ2) is 6.55. The summed E-state index contributed by atoms with van der Waals surface area (Å²) in [6.07, 6.45) is 3.46. The van der Waals surface area contributed by atoms with Crippen LogP contribution in [0.2, 0.25) is 0 Å². The molecule has 1 amide bonds. The molecule has 19 heavy (non-hydrogen) atoms. The molecule has 4 nitrogen and oxygen atoms in total. The van der Waals surface area contributed by atoms with Crippen LogP contribution in [0.5, 0.6) is 0 Å². The molecule has 104 valence electrons. The van der Waals surface area contributed by atoms with E-state index in [1.54, 1.807) is 6.07 Å². The zero-order chi connectivity index (χ0) is 13.7. The lowest BCUT2D eigenvalue weighted by Gasteiger charge is -2.31. The van der Waals surface area contributed by atoms with Crippen LogP contribution in [0, 0.1) is 5.92 Å². The lowest BCUT2D eigenvalue weighted by molar-refractivity contribution is 0.0683. The van der Waals surface area contributed by atoms with Gasteiger partial charge in [0.1, 0.15) is 11.5 Å². The Labute approximate surface area is 115 Å². The van der Waals surface area contributed by atoms with Crippen molar-refractivity contribution < 1.29 is 4.79 Å². The molecule has 0 aromatic carbocycles. The molecule has 2 rings (SSSR count). The molecule has 4 heteroatoms. The first-order chi connectivity index (χ1) is 9.24. The number of nitrogens with one attached hydrogen (secondary N) is 1. The van der Waals surface area contributed by atoms with Gasteiger partial charge in [0.15, 0.2) is 0 Å². The van der Waals surface area contributed by atoms with E-state index >= 15 is 0 Å². The number of nitrogens with zero attached hydrogens (tertiary/aromatic N) is 2. The molecule has 1 aromatic rings. The molecule has 0 bridgehead atoms. The zero-order valence-corrected chi connectivity index (χ0v) is 11.9. The highest BCUT2D eigenvalue weighted by Crippen LogP contribution is 2.21. The van der Waals surface area contributed by atoms with Crippen molar-refractivity contribution in [3.63, 3.8) is 0 Å². The van der Waals surface area contributed by atoms with Crippen LogP contribution in [0.1, 0.15) is 43.6 Å². The van der Waals surface area contributed by atoms with Gasteiger partial charge in [-0.3, -0.25) is 4.79 Å². The Morgan fingerprint density at radius 3 is 2.74 bits per heavy atom. The van der Waals surface area contributed by atoms with Crippen molar-refractivity contribution in [2.24, 2.45) is 5.92 Å². The van der Waals surface area contributed by atoms with Gasteiger partial charge in [-0.2, -0.15) is 0 Å². The van der Waals surface area contributed by atoms with Gasteiger partial charge in [-0.05, 0) is 37.8 Å². The van der Waals surface area contributed by atoms with Gasteiger partial charge in [-0.1, -0.05) is 19.4 Å². The van der Waals surface area contributed by atoms with Gasteiger partial charge in [-0.15, -0.1) is 0 Å². The summed E-state index contributed by atoms with van der Waals surface area (Å²) in [6, 6.07) is 5.58. The summed E-state index contributed by atoms with van der Waals surface area (Å²) in [7, 11) is 0. The normalized spacial score (nSPS) is 16.4. The van der Waals surface area contributed by atoms with E-state index in [9.17, 15) is 4.79 Å². The quantitative estimate of drug-likeness (QED) is 0.906. The smallest absolute Gasteiger partial charge is 0.272 e. The summed E-state index contributed by atoms with van der Waals surface area (Å²) in [6.45, 7) is 6.79. The second-order valence-corrected chi connectivity index (χ2v) is 5.08. The van der Waals surface area contributed by atoms with E-state index < -0.39 is 0 Å². The van der Waals surface area contributed by atoms with Crippen LogP contribution < -0.4 is 5.32 Å². The Balaban J connectivity index is 2.01. The molecule has 1 aliphatic rings. The number of carbonyl (C=O) groups excluding carboxylic acids is 1. The summed E-state index contributed by atoms with van der Waals surface area (Å²) >= 11 is 0. The fourth-order valence-electron chi connectivity index (χ4n) is 2.54. The molecule has 0 radical (unpaired) electrons. The van der Waals surface area contributed by atoms with Gasteiger partial charge < -0.3 is 10.2 Å². The Bertz CT molecular complexity index is 425. The molecule has 0 saturated carbocycles. The van der Waals surface area contributed by atoms with Crippen molar-refractivity contribution in [1.82, 2.24) is 9.88 Å². The number of hydrogen-bond acceptors (Lipinski definition) is 3. The number of pyridine rings is 1. The van der Waals surface area contributed by atoms with Crippen molar-refractivity contribution in [3.8, 4) is 0 Å². The first-order valence-electron chi connectivity index (χ1n) is 7.24. The molecule has 1 aliphatic heterocycles. The summed E-state index contributed by atoms with van der Waals surface area (Å²) in [4.78, 5) is 18.7. The van der Waals surface area contributed by atoms with Gasteiger partial charge in [-0.25, -0.2) is 4.98 Å². The number of aromatic nitrogens is 1. The second-order valence-electron chi connectivity index (χ2n) is 5.08. The van der Waals surface area contributed by atoms with Gasteiger partial charge >= 0.3 is 0 Å². The van der Waals surface area contributed by atoms with Crippen LogP contribution in [0.15, 0.2) is 18.2 Å². The van der Waals surface area contributed by atoms with E-state index in [0.29, 0.717) is 5.69 Å². The Kier molecular flexibility index (Phi) is 4.77. The minimum absolute atomic E-state index is 0.0642. The molecule has 1 N–H and O–H groups in total. The topological polar surface area (TPSA) is 45.2 Å². The SMILES string of the molecule is CCNc1cccc(C(=O)N2CCC(CC)CC2)n1. The first kappa shape index (κ1) is 13.8. The molecule has 0 atom stereocenters. The molecule has 1 saturated heterocycles. The Morgan fingerprint density at radius 2 is 2.11 bits per heavy atom. The highest BCUT2D eigenvalue weighted by Gasteiger charge is 2.23. The largest absolute Gasteiger partial charge is 0.370 e. The number of likely N-dealkylation sites (tertiary alicyclic amines) is 1. The fraction of sp³-hybridized carbons (Fsp3) is 0.600. The van der Waals surface area contributed by atoms with Crippen LogP contribution >= 0.6 is 0 Å². The number of anilines is 1. The first-order valence-corrected chi connectivity index (χ1v) is 7.24. The summed E-state index contributed by atoms with van der Waals surface area (Å²) in [5, 5.41) is 3.14. The summed E-state index contributed by atoms with van der Waals surface area (Å²) < 4.78 is 0. The van der Waals surface area contributed by atoms with E-state index in [0.717, 1.165) is 44.2 Å². The average Bonchev–Trinajstić information content (AvgIpc) is 2.47. The third-order valence-corrected chi connectivity index (χ3v) is 3.81. The third kappa shape index (κ3) is 3.46. The van der Waals surface area contributed by atoms with Gasteiger partial charge in [0.25, 0.3) is 5.91 Å². The number of hydrogen-bond donors (Lipinski definition) is 1. The molecule has 0 spiro atoms. The van der Waals surface area contributed by atoms with Crippen molar-refractivity contribution in [2.45, 2.75) is 33.1 Å². The van der Waals surface area contributed by atoms with Gasteiger partial charge in [0.05, 0.1) is 0 Å². The highest BCUT2D eigenvalue weighted by molar-refractivity contribution is 5.92. The van der Waals surface area contributed by atoms with Gasteiger partial charge in [0.2, 0.25) is 0 Å². The van der Waals surface area contributed by atoms with E-state index in [1.165, 1.54) is 6.42 Å². The fourth-order valence-corrected chi connectivity index (χ4v) is 2.54. The minimum Gasteiger partial charge on any atom is -0.370 e. The average molecular weight is 261 g/mol. The van der Waals surface area contributed by atoms with Crippen molar-refractivity contribution in [1.29, 1.82) is 0 Å². The zero-order valence-electron chi connectivity index (χ0n) is 11.9. The number of rotatable bonds is 4. The van der Waals surface area contributed by atoms with Gasteiger partial charge in [0, 0.05) is 19.6 Å². The van der Waals surface area contributed by atoms with Crippen molar-refractivity contribution in [2.75, 3.05) is 25.0 Å². The lowest BCUT2D eigenvalue weighted by Crippen LogP contribution is -2.38. The Hall–Kier alpha value is -1.58. The van der Waals surface area contributed by atoms with Crippen LogP contribution in [0.3, 0.4) is 0 Å². The van der Waals surface area contributed by atoms with Crippen LogP contribution in [-0.2, 0) is 0 Å². The van der Waals surface area contributed by atoms with E-state index in [2.05, 4.69) is 17.2 Å². The van der Waals surface area contributed by atoms with E-state index in [4.69, 9.17) is 0 Å². The monoisotopic (exact) mass is 261 g/mol. The molecule has 1 fully saturated rings. The van der Waals surface area contributed by atoms with E-state index in [-0.39, 0.29) is 5.91 Å². The van der Waals surface area contributed by atoms with Crippen LogP contribution in [-0.4, -0.2) is 35.4 Å². The Morgan fingerprint density at radius 1 is 1.37 bits per heavy atom. The van der Waals surface area contributed by atoms with Crippen molar-refractivity contribution in [3.05, 3.63) is 23.9 Å². The lowest BCUT2D eigenvalue weighted by atomic mass is 9.94. The molecular formula is C15H23N3O. The maximum atomic E-state index is 12.4. The van der Waals surface area contributed by atoms with E-state index in [1.807, 2.05) is 24.0 Å². The molecule has 1 aromatic heterocycles. The number of piperidine rings is 1. The summed E-state index contributed by atoms with van der Waals surface area (Å²) in [5.74, 6) is 1.62. The highest BCUT2D eigenvalue weighted by atomic mass is 16.2. The maximum Gasteiger partial charge on any atom is 0.272 e. The molecular weight excluding hydrogens is 238 g/mol. The molecule has 2 heterocycles.